The van der Waals surface area contributed by atoms with Crippen molar-refractivity contribution in [3.63, 3.8) is 0 Å². The first-order valence-electron chi connectivity index (χ1n) is 8.09. The van der Waals surface area contributed by atoms with Crippen LogP contribution in [0.2, 0.25) is 0 Å². The van der Waals surface area contributed by atoms with E-state index in [9.17, 15) is 4.79 Å². The normalized spacial score (nSPS) is 11.8. The van der Waals surface area contributed by atoms with Gasteiger partial charge in [-0.25, -0.2) is 0 Å². The Morgan fingerprint density at radius 1 is 1.21 bits per heavy atom. The first kappa shape index (κ1) is 16.5. The molecule has 3 aromatic rings. The van der Waals surface area contributed by atoms with E-state index in [1.165, 1.54) is 10.9 Å². The van der Waals surface area contributed by atoms with Crippen LogP contribution in [0.25, 0.3) is 22.0 Å². The maximum atomic E-state index is 12.6. The molecule has 0 unspecified atom stereocenters. The van der Waals surface area contributed by atoms with Gasteiger partial charge in [-0.15, -0.1) is 12.4 Å². The number of nitrogens with zero attached hydrogens (tertiary/aromatic N) is 3. The number of pyridine rings is 1. The summed E-state index contributed by atoms with van der Waals surface area (Å²) in [7, 11) is 0. The molecule has 1 amide bonds. The van der Waals surface area contributed by atoms with Gasteiger partial charge in [-0.2, -0.15) is 0 Å². The van der Waals surface area contributed by atoms with Crippen LogP contribution < -0.4 is 0 Å². The molecule has 1 aliphatic heterocycles. The van der Waals surface area contributed by atoms with Gasteiger partial charge in [0.05, 0.1) is 23.3 Å². The third-order valence-electron chi connectivity index (χ3n) is 4.67. The first-order valence-corrected chi connectivity index (χ1v) is 8.09. The summed E-state index contributed by atoms with van der Waals surface area (Å²) in [5, 5.41) is 1.23. The van der Waals surface area contributed by atoms with Crippen molar-refractivity contribution in [2.24, 2.45) is 0 Å². The molecule has 3 heterocycles. The zero-order chi connectivity index (χ0) is 16.0. The van der Waals surface area contributed by atoms with Crippen LogP contribution in [0.5, 0.6) is 0 Å². The summed E-state index contributed by atoms with van der Waals surface area (Å²) in [5.74, 6) is 0.0541. The fourth-order valence-corrected chi connectivity index (χ4v) is 3.43. The number of benzene rings is 1. The molecule has 0 fully saturated rings. The van der Waals surface area contributed by atoms with Crippen LogP contribution in [-0.4, -0.2) is 33.4 Å². The minimum atomic E-state index is 0. The van der Waals surface area contributed by atoms with Crippen LogP contribution in [0.1, 0.15) is 29.9 Å². The van der Waals surface area contributed by atoms with Crippen LogP contribution in [0.15, 0.2) is 42.7 Å². The lowest BCUT2D eigenvalue weighted by Gasteiger charge is -2.22. The molecule has 0 bridgehead atoms. The summed E-state index contributed by atoms with van der Waals surface area (Å²) in [6.07, 6.45) is 3.82. The number of carbonyl (C=O) groups excluding carboxylic acids is 1. The van der Waals surface area contributed by atoms with Crippen LogP contribution in [0, 0.1) is 0 Å². The molecule has 0 spiro atoms. The third-order valence-corrected chi connectivity index (χ3v) is 4.67. The maximum Gasteiger partial charge on any atom is 0.255 e. The minimum Gasteiger partial charge on any atom is -0.341 e. The molecular weight excluding hydrogens is 322 g/mol. The smallest absolute Gasteiger partial charge is 0.255 e. The lowest BCUT2D eigenvalue weighted by Crippen LogP contribution is -2.30. The van der Waals surface area contributed by atoms with Gasteiger partial charge in [-0.3, -0.25) is 9.78 Å². The molecule has 1 aromatic carbocycles. The van der Waals surface area contributed by atoms with Gasteiger partial charge in [0, 0.05) is 42.0 Å². The van der Waals surface area contributed by atoms with Crippen LogP contribution >= 0.6 is 12.4 Å². The van der Waals surface area contributed by atoms with Crippen molar-refractivity contribution in [3.8, 4) is 11.1 Å². The fourth-order valence-electron chi connectivity index (χ4n) is 3.43. The summed E-state index contributed by atoms with van der Waals surface area (Å²) in [5.41, 5.74) is 5.17. The molecule has 5 heteroatoms. The molecule has 0 aliphatic carbocycles. The van der Waals surface area contributed by atoms with Gasteiger partial charge in [0.15, 0.2) is 0 Å². The zero-order valence-electron chi connectivity index (χ0n) is 13.8. The molecule has 1 aliphatic rings. The van der Waals surface area contributed by atoms with E-state index in [1.807, 2.05) is 24.8 Å². The molecule has 24 heavy (non-hydrogen) atoms. The number of hydrogen-bond acceptors (Lipinski definition) is 2. The minimum absolute atomic E-state index is 0. The lowest BCUT2D eigenvalue weighted by atomic mass is 9.97. The number of rotatable bonds is 3. The topological polar surface area (TPSA) is 38.1 Å². The van der Waals surface area contributed by atoms with Gasteiger partial charge in [-0.05, 0) is 26.0 Å². The summed E-state index contributed by atoms with van der Waals surface area (Å²) < 4.78 is 2.23. The van der Waals surface area contributed by atoms with Crippen molar-refractivity contribution in [1.29, 1.82) is 0 Å². The molecule has 0 saturated carbocycles. The number of carbonyl (C=O) groups is 1. The fraction of sp³-hybridized carbons (Fsp3) is 0.263. The van der Waals surface area contributed by atoms with Gasteiger partial charge >= 0.3 is 0 Å². The second-order valence-corrected chi connectivity index (χ2v) is 5.88. The Balaban J connectivity index is 0.00000169. The molecule has 0 N–H and O–H groups in total. The zero-order valence-corrected chi connectivity index (χ0v) is 14.6. The number of halogens is 1. The molecule has 0 atom stereocenters. The summed E-state index contributed by atoms with van der Waals surface area (Å²) in [6.45, 7) is 6.19. The highest BCUT2D eigenvalue weighted by Crippen LogP contribution is 2.36. The first-order chi connectivity index (χ1) is 11.2. The molecule has 0 radical (unpaired) electrons. The van der Waals surface area contributed by atoms with Crippen LogP contribution in [0.4, 0.5) is 0 Å². The van der Waals surface area contributed by atoms with E-state index in [0.717, 1.165) is 23.4 Å². The van der Waals surface area contributed by atoms with Crippen molar-refractivity contribution in [2.75, 3.05) is 13.1 Å². The standard InChI is InChI=1S/C19H19N3O.ClH/c1-3-21(4-2)19(23)14-10-16-15-7-5-6-13-8-9-22(18(13)15)12-17(16)20-11-14;/h5-11H,3-4,12H2,1-2H3;1H. The van der Waals surface area contributed by atoms with E-state index in [0.29, 0.717) is 18.7 Å². The number of para-hydroxylation sites is 1. The van der Waals surface area contributed by atoms with Crippen LogP contribution in [0.3, 0.4) is 0 Å². The quantitative estimate of drug-likeness (QED) is 0.565. The second kappa shape index (κ2) is 6.29. The van der Waals surface area contributed by atoms with Gasteiger partial charge in [0.1, 0.15) is 0 Å². The monoisotopic (exact) mass is 341 g/mol. The summed E-state index contributed by atoms with van der Waals surface area (Å²) in [6, 6.07) is 10.4. The largest absolute Gasteiger partial charge is 0.341 e. The Morgan fingerprint density at radius 2 is 2.00 bits per heavy atom. The summed E-state index contributed by atoms with van der Waals surface area (Å²) >= 11 is 0. The highest BCUT2D eigenvalue weighted by molar-refractivity contribution is 6.00. The Labute approximate surface area is 147 Å². The van der Waals surface area contributed by atoms with Crippen LogP contribution in [-0.2, 0) is 6.54 Å². The van der Waals surface area contributed by atoms with Crippen molar-refractivity contribution in [1.82, 2.24) is 14.5 Å². The van der Waals surface area contributed by atoms with Gasteiger partial charge in [-0.1, -0.05) is 18.2 Å². The van der Waals surface area contributed by atoms with Gasteiger partial charge < -0.3 is 9.47 Å². The molecule has 0 saturated heterocycles. The van der Waals surface area contributed by atoms with Gasteiger partial charge in [0.25, 0.3) is 5.91 Å². The number of aromatic nitrogens is 2. The lowest BCUT2D eigenvalue weighted by molar-refractivity contribution is 0.0772. The van der Waals surface area contributed by atoms with Crippen molar-refractivity contribution in [2.45, 2.75) is 20.4 Å². The van der Waals surface area contributed by atoms with E-state index >= 15 is 0 Å². The SMILES string of the molecule is CCN(CC)C(=O)c1cnc2c(c1)-c1cccc3ccn(c13)C2.Cl. The molecular formula is C19H20ClN3O. The highest BCUT2D eigenvalue weighted by Gasteiger charge is 2.21. The highest BCUT2D eigenvalue weighted by atomic mass is 35.5. The average molecular weight is 342 g/mol. The Hall–Kier alpha value is -2.33. The number of fused-ring (bicyclic) bond motifs is 2. The van der Waals surface area contributed by atoms with E-state index < -0.39 is 0 Å². The van der Waals surface area contributed by atoms with E-state index in [2.05, 4.69) is 40.0 Å². The predicted octanol–water partition coefficient (Wildman–Crippen LogP) is 3.97. The number of hydrogen-bond donors (Lipinski definition) is 0. The molecule has 4 rings (SSSR count). The second-order valence-electron chi connectivity index (χ2n) is 5.88. The van der Waals surface area contributed by atoms with Crippen molar-refractivity contribution >= 4 is 29.2 Å². The summed E-state index contributed by atoms with van der Waals surface area (Å²) in [4.78, 5) is 19.0. The molecule has 124 valence electrons. The maximum absolute atomic E-state index is 12.6. The Morgan fingerprint density at radius 3 is 2.75 bits per heavy atom. The molecule has 4 nitrogen and oxygen atoms in total. The Kier molecular flexibility index (Phi) is 4.33. The van der Waals surface area contributed by atoms with Crippen molar-refractivity contribution < 1.29 is 4.79 Å². The molecule has 2 aromatic heterocycles. The average Bonchev–Trinajstić information content (AvgIpc) is 3.00. The van der Waals surface area contributed by atoms with E-state index in [-0.39, 0.29) is 18.3 Å². The van der Waals surface area contributed by atoms with E-state index in [4.69, 9.17) is 0 Å². The number of amides is 1. The third kappa shape index (κ3) is 2.38. The predicted molar refractivity (Wildman–Crippen MR) is 98.8 cm³/mol. The van der Waals surface area contributed by atoms with Gasteiger partial charge in [0.2, 0.25) is 0 Å². The Bertz CT molecular complexity index is 912. The van der Waals surface area contributed by atoms with E-state index in [1.54, 1.807) is 6.20 Å². The van der Waals surface area contributed by atoms with Crippen molar-refractivity contribution in [3.05, 3.63) is 54.0 Å².